The number of hydrogen-bond donors (Lipinski definition) is 4. The normalized spacial score (nSPS) is 11.0. The second-order valence-corrected chi connectivity index (χ2v) is 5.98. The zero-order valence-electron chi connectivity index (χ0n) is 15.2. The number of nitrogens with one attached hydrogen (secondary N) is 2. The third-order valence-electron chi connectivity index (χ3n) is 3.60. The highest BCUT2D eigenvalue weighted by molar-refractivity contribution is 5.83. The average molecular weight is 382 g/mol. The molecule has 0 unspecified atom stereocenters. The topological polar surface area (TPSA) is 123 Å². The summed E-state index contributed by atoms with van der Waals surface area (Å²) in [5.41, 5.74) is 6.14. The molecule has 0 aromatic heterocycles. The van der Waals surface area contributed by atoms with Crippen LogP contribution in [0.2, 0.25) is 0 Å². The van der Waals surface area contributed by atoms with E-state index in [9.17, 15) is 19.8 Å². The number of phenolic OH excluding ortho intramolecular Hbond substituents is 2. The summed E-state index contributed by atoms with van der Waals surface area (Å²) in [5.74, 6) is -0.253. The summed E-state index contributed by atoms with van der Waals surface area (Å²) in [4.78, 5) is 23.4. The lowest BCUT2D eigenvalue weighted by Crippen LogP contribution is -2.19. The van der Waals surface area contributed by atoms with Crippen molar-refractivity contribution >= 4 is 24.2 Å². The molecule has 2 amide bonds. The van der Waals surface area contributed by atoms with Gasteiger partial charge in [0.05, 0.1) is 12.4 Å². The van der Waals surface area contributed by atoms with Gasteiger partial charge in [0.2, 0.25) is 11.8 Å². The van der Waals surface area contributed by atoms with E-state index in [0.717, 1.165) is 0 Å². The van der Waals surface area contributed by atoms with Gasteiger partial charge in [0.15, 0.2) is 0 Å². The Labute approximate surface area is 162 Å². The number of phenols is 2. The van der Waals surface area contributed by atoms with Crippen molar-refractivity contribution in [2.45, 2.75) is 25.7 Å². The fourth-order valence-corrected chi connectivity index (χ4v) is 2.25. The highest BCUT2D eigenvalue weighted by atomic mass is 16.3. The Morgan fingerprint density at radius 1 is 0.786 bits per heavy atom. The van der Waals surface area contributed by atoms with Crippen molar-refractivity contribution in [1.82, 2.24) is 10.9 Å². The van der Waals surface area contributed by atoms with Gasteiger partial charge in [0.1, 0.15) is 11.5 Å². The molecule has 8 heteroatoms. The second-order valence-electron chi connectivity index (χ2n) is 5.98. The van der Waals surface area contributed by atoms with Crippen molar-refractivity contribution < 1.29 is 19.8 Å². The zero-order valence-corrected chi connectivity index (χ0v) is 15.2. The third kappa shape index (κ3) is 8.13. The number of amides is 2. The molecular weight excluding hydrogens is 360 g/mol. The van der Waals surface area contributed by atoms with Crippen LogP contribution in [0, 0.1) is 0 Å². The van der Waals surface area contributed by atoms with Crippen LogP contribution in [0.5, 0.6) is 11.5 Å². The summed E-state index contributed by atoms with van der Waals surface area (Å²) in [6.45, 7) is 0. The maximum atomic E-state index is 11.7. The molecule has 0 aliphatic heterocycles. The van der Waals surface area contributed by atoms with E-state index in [1.807, 2.05) is 0 Å². The predicted molar refractivity (Wildman–Crippen MR) is 106 cm³/mol. The van der Waals surface area contributed by atoms with Crippen LogP contribution in [-0.2, 0) is 9.59 Å². The molecule has 0 spiro atoms. The van der Waals surface area contributed by atoms with Crippen LogP contribution < -0.4 is 10.9 Å². The minimum atomic E-state index is -0.251. The summed E-state index contributed by atoms with van der Waals surface area (Å²) in [5, 5.41) is 26.3. The van der Waals surface area contributed by atoms with E-state index in [0.29, 0.717) is 24.0 Å². The van der Waals surface area contributed by atoms with Crippen LogP contribution in [0.3, 0.4) is 0 Å². The quantitative estimate of drug-likeness (QED) is 0.302. The molecule has 0 fully saturated rings. The summed E-state index contributed by atoms with van der Waals surface area (Å²) >= 11 is 0. The highest BCUT2D eigenvalue weighted by Gasteiger charge is 2.03. The molecule has 0 radical (unpaired) electrons. The zero-order chi connectivity index (χ0) is 20.2. The van der Waals surface area contributed by atoms with Gasteiger partial charge >= 0.3 is 0 Å². The Hall–Kier alpha value is -3.68. The minimum absolute atomic E-state index is 0.125. The van der Waals surface area contributed by atoms with Gasteiger partial charge in [-0.25, -0.2) is 10.9 Å². The molecular formula is C20H22N4O4. The van der Waals surface area contributed by atoms with Gasteiger partial charge in [0, 0.05) is 12.8 Å². The van der Waals surface area contributed by atoms with Crippen molar-refractivity contribution in [2.75, 3.05) is 0 Å². The smallest absolute Gasteiger partial charge is 0.240 e. The molecule has 28 heavy (non-hydrogen) atoms. The maximum Gasteiger partial charge on any atom is 0.240 e. The first-order valence-electron chi connectivity index (χ1n) is 8.75. The number of hydrogen-bond acceptors (Lipinski definition) is 6. The Morgan fingerprint density at radius 3 is 1.61 bits per heavy atom. The van der Waals surface area contributed by atoms with Crippen LogP contribution in [0.15, 0.2) is 58.7 Å². The Balaban J connectivity index is 1.58. The van der Waals surface area contributed by atoms with E-state index in [1.54, 1.807) is 36.4 Å². The Kier molecular flexibility index (Phi) is 8.19. The third-order valence-corrected chi connectivity index (χ3v) is 3.60. The molecule has 146 valence electrons. The van der Waals surface area contributed by atoms with E-state index in [2.05, 4.69) is 21.1 Å². The molecule has 0 saturated carbocycles. The number of hydrazone groups is 2. The molecule has 2 rings (SSSR count). The maximum absolute atomic E-state index is 11.7. The largest absolute Gasteiger partial charge is 0.508 e. The molecule has 8 nitrogen and oxygen atoms in total. The fourth-order valence-electron chi connectivity index (χ4n) is 2.25. The summed E-state index contributed by atoms with van der Waals surface area (Å²) < 4.78 is 0. The van der Waals surface area contributed by atoms with Crippen molar-refractivity contribution in [3.63, 3.8) is 0 Å². The molecule has 0 saturated heterocycles. The molecule has 0 aliphatic carbocycles. The van der Waals surface area contributed by atoms with Crippen molar-refractivity contribution in [3.05, 3.63) is 59.7 Å². The first kappa shape index (κ1) is 20.6. The summed E-state index contributed by atoms with van der Waals surface area (Å²) in [6.07, 6.45) is 4.45. The summed E-state index contributed by atoms with van der Waals surface area (Å²) in [7, 11) is 0. The Bertz CT molecular complexity index is 793. The van der Waals surface area contributed by atoms with Crippen LogP contribution in [0.25, 0.3) is 0 Å². The summed E-state index contributed by atoms with van der Waals surface area (Å²) in [6, 6.07) is 13.0. The van der Waals surface area contributed by atoms with Gasteiger partial charge in [-0.3, -0.25) is 9.59 Å². The molecule has 0 aliphatic rings. The Morgan fingerprint density at radius 2 is 1.21 bits per heavy atom. The van der Waals surface area contributed by atoms with Gasteiger partial charge in [0.25, 0.3) is 0 Å². The standard InChI is InChI=1S/C20H22N4O4/c25-17-7-3-5-15(11-17)13-21-23-19(27)9-1-2-10-20(28)24-22-14-16-6-4-8-18(26)12-16/h3-8,11-14,25-26H,1-2,9-10H2,(H,23,27)(H,24,28)/b21-13-,22-14-. The number of unbranched alkanes of at least 4 members (excludes halogenated alkanes) is 1. The number of nitrogens with zero attached hydrogens (tertiary/aromatic N) is 2. The molecule has 0 atom stereocenters. The SMILES string of the molecule is O=C(CCCCC(=O)N/N=C\c1cccc(O)c1)N/N=C\c1cccc(O)c1. The second kappa shape index (κ2) is 11.1. The lowest BCUT2D eigenvalue weighted by molar-refractivity contribution is -0.123. The molecule has 0 heterocycles. The van der Waals surface area contributed by atoms with Crippen molar-refractivity contribution in [1.29, 1.82) is 0 Å². The van der Waals surface area contributed by atoms with Crippen LogP contribution >= 0.6 is 0 Å². The van der Waals surface area contributed by atoms with Gasteiger partial charge in [-0.15, -0.1) is 0 Å². The van der Waals surface area contributed by atoms with Crippen molar-refractivity contribution in [3.8, 4) is 11.5 Å². The number of carbonyl (C=O) groups is 2. The fraction of sp³-hybridized carbons (Fsp3) is 0.200. The highest BCUT2D eigenvalue weighted by Crippen LogP contribution is 2.09. The first-order valence-corrected chi connectivity index (χ1v) is 8.75. The van der Waals surface area contributed by atoms with Gasteiger partial charge < -0.3 is 10.2 Å². The molecule has 4 N–H and O–H groups in total. The van der Waals surface area contributed by atoms with Crippen LogP contribution in [0.1, 0.15) is 36.8 Å². The van der Waals surface area contributed by atoms with Gasteiger partial charge in [-0.1, -0.05) is 24.3 Å². The first-order chi connectivity index (χ1) is 13.5. The number of rotatable bonds is 9. The lowest BCUT2D eigenvalue weighted by atomic mass is 10.2. The van der Waals surface area contributed by atoms with E-state index < -0.39 is 0 Å². The number of aromatic hydroxyl groups is 2. The molecule has 2 aromatic rings. The monoisotopic (exact) mass is 382 g/mol. The van der Waals surface area contributed by atoms with Gasteiger partial charge in [-0.05, 0) is 48.2 Å². The van der Waals surface area contributed by atoms with E-state index >= 15 is 0 Å². The molecule has 2 aromatic carbocycles. The predicted octanol–water partition coefficient (Wildman–Crippen LogP) is 2.26. The van der Waals surface area contributed by atoms with Crippen molar-refractivity contribution in [2.24, 2.45) is 10.2 Å². The van der Waals surface area contributed by atoms with E-state index in [4.69, 9.17) is 0 Å². The minimum Gasteiger partial charge on any atom is -0.508 e. The van der Waals surface area contributed by atoms with Crippen LogP contribution in [0.4, 0.5) is 0 Å². The van der Waals surface area contributed by atoms with E-state index in [1.165, 1.54) is 24.6 Å². The van der Waals surface area contributed by atoms with Crippen LogP contribution in [-0.4, -0.2) is 34.5 Å². The number of carbonyl (C=O) groups excluding carboxylic acids is 2. The lowest BCUT2D eigenvalue weighted by Gasteiger charge is -2.01. The molecule has 0 bridgehead atoms. The van der Waals surface area contributed by atoms with E-state index in [-0.39, 0.29) is 36.2 Å². The van der Waals surface area contributed by atoms with Gasteiger partial charge in [-0.2, -0.15) is 10.2 Å². The average Bonchev–Trinajstić information content (AvgIpc) is 2.65. The number of benzene rings is 2.